The van der Waals surface area contributed by atoms with Crippen molar-refractivity contribution in [2.45, 2.75) is 0 Å². The summed E-state index contributed by atoms with van der Waals surface area (Å²) in [5, 5.41) is 7.77. The van der Waals surface area contributed by atoms with Crippen LogP contribution in [0.25, 0.3) is 11.9 Å². The third-order valence-electron chi connectivity index (χ3n) is 3.44. The predicted octanol–water partition coefficient (Wildman–Crippen LogP) is -1.73. The Kier molecular flexibility index (Phi) is 4.29. The Balaban J connectivity index is 2.11. The average Bonchev–Trinajstić information content (AvgIpc) is 3.22. The number of nitrogens with two attached hydrogens (primary N) is 2. The molecule has 0 aliphatic rings. The largest absolute Gasteiger partial charge is 0.465 e. The fourth-order valence-corrected chi connectivity index (χ4v) is 2.14. The van der Waals surface area contributed by atoms with Crippen LogP contribution in [-0.4, -0.2) is 60.7 Å². The summed E-state index contributed by atoms with van der Waals surface area (Å²) in [6, 6.07) is 0. The molecular formula is C13H13N9O5. The van der Waals surface area contributed by atoms with Gasteiger partial charge in [-0.3, -0.25) is 4.98 Å². The van der Waals surface area contributed by atoms with Gasteiger partial charge in [-0.1, -0.05) is 0 Å². The SMILES string of the molecule is COC(=O)c1cnn(-c2nc(-n3ncc(C(=O)OC)c3N)[nH]c(=O)n2)c1N. The second-order valence-electron chi connectivity index (χ2n) is 4.97. The van der Waals surface area contributed by atoms with Crippen molar-refractivity contribution < 1.29 is 19.1 Å². The zero-order chi connectivity index (χ0) is 19.7. The fourth-order valence-electron chi connectivity index (χ4n) is 2.14. The lowest BCUT2D eigenvalue weighted by atomic mass is 10.3. The molecule has 14 nitrogen and oxygen atoms in total. The van der Waals surface area contributed by atoms with Gasteiger partial charge >= 0.3 is 17.6 Å². The number of aromatic nitrogens is 7. The smallest absolute Gasteiger partial charge is 0.351 e. The van der Waals surface area contributed by atoms with E-state index in [1.807, 2.05) is 0 Å². The number of esters is 2. The van der Waals surface area contributed by atoms with Gasteiger partial charge in [0.2, 0.25) is 5.95 Å². The zero-order valence-electron chi connectivity index (χ0n) is 14.0. The normalized spacial score (nSPS) is 10.6. The van der Waals surface area contributed by atoms with Crippen LogP contribution in [0.5, 0.6) is 0 Å². The standard InChI is InChI=1S/C13H13N9O5/c1-26-9(23)5-3-16-21(7(5)14)11-18-12(20-13(25)19-11)22-8(15)6(4-17-22)10(24)27-2/h3-4H,14-15H2,1-2H3,(H,18,19,20,25). The summed E-state index contributed by atoms with van der Waals surface area (Å²) in [7, 11) is 2.36. The van der Waals surface area contributed by atoms with Crippen LogP contribution >= 0.6 is 0 Å². The lowest BCUT2D eigenvalue weighted by Crippen LogP contribution is -2.22. The number of carbonyl (C=O) groups excluding carboxylic acids is 2. The van der Waals surface area contributed by atoms with E-state index in [0.29, 0.717) is 0 Å². The molecule has 0 bridgehead atoms. The Morgan fingerprint density at radius 1 is 0.963 bits per heavy atom. The van der Waals surface area contributed by atoms with E-state index in [9.17, 15) is 14.4 Å². The molecular weight excluding hydrogens is 362 g/mol. The van der Waals surface area contributed by atoms with Gasteiger partial charge in [0.15, 0.2) is 0 Å². The maximum atomic E-state index is 11.9. The lowest BCUT2D eigenvalue weighted by Gasteiger charge is -2.06. The van der Waals surface area contributed by atoms with Gasteiger partial charge in [-0.25, -0.2) is 14.4 Å². The van der Waals surface area contributed by atoms with Crippen LogP contribution in [0.15, 0.2) is 17.2 Å². The minimum Gasteiger partial charge on any atom is -0.465 e. The van der Waals surface area contributed by atoms with Crippen LogP contribution < -0.4 is 17.2 Å². The minimum atomic E-state index is -0.820. The second kappa shape index (κ2) is 6.58. The van der Waals surface area contributed by atoms with Crippen LogP contribution in [0.4, 0.5) is 11.6 Å². The number of ether oxygens (including phenoxy) is 2. The molecule has 3 rings (SSSR count). The van der Waals surface area contributed by atoms with Crippen molar-refractivity contribution >= 4 is 23.6 Å². The van der Waals surface area contributed by atoms with E-state index in [2.05, 4.69) is 34.6 Å². The van der Waals surface area contributed by atoms with E-state index in [1.54, 1.807) is 0 Å². The molecule has 0 amide bonds. The van der Waals surface area contributed by atoms with Gasteiger partial charge in [0.05, 0.1) is 26.6 Å². The van der Waals surface area contributed by atoms with E-state index in [0.717, 1.165) is 21.8 Å². The Morgan fingerprint density at radius 2 is 1.48 bits per heavy atom. The topological polar surface area (TPSA) is 199 Å². The highest BCUT2D eigenvalue weighted by atomic mass is 16.5. The predicted molar refractivity (Wildman–Crippen MR) is 88.4 cm³/mol. The van der Waals surface area contributed by atoms with Gasteiger partial charge < -0.3 is 20.9 Å². The first-order valence-electron chi connectivity index (χ1n) is 7.20. The fraction of sp³-hybridized carbons (Fsp3) is 0.154. The Labute approximate surface area is 149 Å². The quantitative estimate of drug-likeness (QED) is 0.438. The number of hydrogen-bond donors (Lipinski definition) is 3. The second-order valence-corrected chi connectivity index (χ2v) is 4.97. The molecule has 0 fully saturated rings. The maximum absolute atomic E-state index is 11.9. The number of rotatable bonds is 4. The van der Waals surface area contributed by atoms with Gasteiger partial charge in [-0.05, 0) is 0 Å². The molecule has 0 aliphatic carbocycles. The molecule has 0 unspecified atom stereocenters. The molecule has 0 radical (unpaired) electrons. The molecule has 0 saturated carbocycles. The van der Waals surface area contributed by atoms with Crippen molar-refractivity contribution in [2.24, 2.45) is 0 Å². The Morgan fingerprint density at radius 3 is 2.04 bits per heavy atom. The first kappa shape index (κ1) is 17.6. The molecule has 3 heterocycles. The number of H-pyrrole nitrogens is 1. The van der Waals surface area contributed by atoms with Crippen LogP contribution in [0, 0.1) is 0 Å². The molecule has 3 aromatic heterocycles. The number of nitrogens with zero attached hydrogens (tertiary/aromatic N) is 6. The van der Waals surface area contributed by atoms with Crippen molar-refractivity contribution in [2.75, 3.05) is 25.7 Å². The molecule has 0 atom stereocenters. The number of nitrogen functional groups attached to an aromatic ring is 2. The number of methoxy groups -OCH3 is 2. The van der Waals surface area contributed by atoms with Crippen LogP contribution in [0.2, 0.25) is 0 Å². The summed E-state index contributed by atoms with van der Waals surface area (Å²) in [6.07, 6.45) is 2.29. The Bertz CT molecular complexity index is 1010. The van der Waals surface area contributed by atoms with Crippen molar-refractivity contribution in [1.82, 2.24) is 34.5 Å². The highest BCUT2D eigenvalue weighted by Gasteiger charge is 2.21. The number of aromatic amines is 1. The third kappa shape index (κ3) is 2.94. The molecule has 27 heavy (non-hydrogen) atoms. The molecule has 0 aromatic carbocycles. The van der Waals surface area contributed by atoms with Crippen molar-refractivity contribution in [3.05, 3.63) is 34.0 Å². The van der Waals surface area contributed by atoms with Crippen molar-refractivity contribution in [3.63, 3.8) is 0 Å². The Hall–Kier alpha value is -4.23. The van der Waals surface area contributed by atoms with Crippen LogP contribution in [-0.2, 0) is 9.47 Å². The first-order chi connectivity index (χ1) is 12.9. The van der Waals surface area contributed by atoms with E-state index >= 15 is 0 Å². The summed E-state index contributed by atoms with van der Waals surface area (Å²) in [5.41, 5.74) is 10.8. The number of hydrogen-bond acceptors (Lipinski definition) is 11. The summed E-state index contributed by atoms with van der Waals surface area (Å²) in [6.45, 7) is 0. The van der Waals surface area contributed by atoms with Crippen molar-refractivity contribution in [1.29, 1.82) is 0 Å². The average molecular weight is 375 g/mol. The molecule has 3 aromatic rings. The summed E-state index contributed by atoms with van der Waals surface area (Å²) < 4.78 is 11.1. The van der Waals surface area contributed by atoms with Crippen LogP contribution in [0.3, 0.4) is 0 Å². The van der Waals surface area contributed by atoms with Gasteiger partial charge in [-0.15, -0.1) is 0 Å². The van der Waals surface area contributed by atoms with E-state index in [-0.39, 0.29) is 34.7 Å². The highest BCUT2D eigenvalue weighted by Crippen LogP contribution is 2.17. The van der Waals surface area contributed by atoms with Gasteiger partial charge in [0, 0.05) is 0 Å². The molecule has 14 heteroatoms. The van der Waals surface area contributed by atoms with Crippen LogP contribution in [0.1, 0.15) is 20.7 Å². The molecule has 0 saturated heterocycles. The van der Waals surface area contributed by atoms with E-state index in [4.69, 9.17) is 11.5 Å². The molecule has 0 spiro atoms. The first-order valence-corrected chi connectivity index (χ1v) is 7.20. The molecule has 140 valence electrons. The van der Waals surface area contributed by atoms with Gasteiger partial charge in [-0.2, -0.15) is 29.5 Å². The number of anilines is 2. The van der Waals surface area contributed by atoms with E-state index in [1.165, 1.54) is 14.2 Å². The summed E-state index contributed by atoms with van der Waals surface area (Å²) >= 11 is 0. The molecule has 0 aliphatic heterocycles. The zero-order valence-corrected chi connectivity index (χ0v) is 14.0. The van der Waals surface area contributed by atoms with Gasteiger partial charge in [0.25, 0.3) is 5.95 Å². The minimum absolute atomic E-state index is 0.0231. The van der Waals surface area contributed by atoms with Gasteiger partial charge in [0.1, 0.15) is 22.8 Å². The monoisotopic (exact) mass is 375 g/mol. The third-order valence-corrected chi connectivity index (χ3v) is 3.44. The van der Waals surface area contributed by atoms with E-state index < -0.39 is 17.6 Å². The number of carbonyl (C=O) groups is 2. The summed E-state index contributed by atoms with van der Waals surface area (Å²) in [5.74, 6) is -2.10. The maximum Gasteiger partial charge on any atom is 0.351 e. The highest BCUT2D eigenvalue weighted by molar-refractivity contribution is 5.94. The summed E-state index contributed by atoms with van der Waals surface area (Å²) in [4.78, 5) is 45.2. The number of nitrogens with one attached hydrogen (secondary N) is 1. The van der Waals surface area contributed by atoms with Crippen molar-refractivity contribution in [3.8, 4) is 11.9 Å². The molecule has 5 N–H and O–H groups in total. The lowest BCUT2D eigenvalue weighted by molar-refractivity contribution is 0.0593.